The van der Waals surface area contributed by atoms with Gasteiger partial charge in [-0.1, -0.05) is 32.9 Å². The quantitative estimate of drug-likeness (QED) is 0.871. The molecule has 1 heterocycles. The molecule has 0 unspecified atom stereocenters. The summed E-state index contributed by atoms with van der Waals surface area (Å²) in [5, 5.41) is 0. The number of benzene rings is 1. The summed E-state index contributed by atoms with van der Waals surface area (Å²) in [4.78, 5) is 15.1. The number of hydrogen-bond acceptors (Lipinski definition) is 3. The molecule has 110 valence electrons. The van der Waals surface area contributed by atoms with E-state index in [0.29, 0.717) is 12.3 Å². The van der Waals surface area contributed by atoms with Crippen LogP contribution >= 0.6 is 11.8 Å². The Bertz CT molecular complexity index is 464. The molecule has 1 saturated heterocycles. The molecule has 1 fully saturated rings. The smallest absolute Gasteiger partial charge is 0.232 e. The van der Waals surface area contributed by atoms with E-state index in [4.69, 9.17) is 5.73 Å². The summed E-state index contributed by atoms with van der Waals surface area (Å²) in [6.07, 6.45) is 0.927. The van der Waals surface area contributed by atoms with Gasteiger partial charge in [0.1, 0.15) is 0 Å². The van der Waals surface area contributed by atoms with Gasteiger partial charge in [-0.2, -0.15) is 0 Å². The average molecular weight is 292 g/mol. The molecule has 0 saturated carbocycles. The number of hydrogen-bond donors (Lipinski definition) is 1. The van der Waals surface area contributed by atoms with Crippen LogP contribution in [0.2, 0.25) is 0 Å². The average Bonchev–Trinajstić information content (AvgIpc) is 2.82. The summed E-state index contributed by atoms with van der Waals surface area (Å²) >= 11 is 1.60. The van der Waals surface area contributed by atoms with Crippen molar-refractivity contribution in [2.45, 2.75) is 43.5 Å². The highest BCUT2D eigenvalue weighted by atomic mass is 32.2. The van der Waals surface area contributed by atoms with Crippen molar-refractivity contribution in [2.75, 3.05) is 18.8 Å². The van der Waals surface area contributed by atoms with E-state index in [2.05, 4.69) is 45.0 Å². The Morgan fingerprint density at radius 1 is 1.35 bits per heavy atom. The Morgan fingerprint density at radius 3 is 2.50 bits per heavy atom. The van der Waals surface area contributed by atoms with Crippen molar-refractivity contribution < 1.29 is 4.79 Å². The van der Waals surface area contributed by atoms with Gasteiger partial charge in [0, 0.05) is 24.0 Å². The lowest BCUT2D eigenvalue weighted by Crippen LogP contribution is -2.33. The van der Waals surface area contributed by atoms with Crippen LogP contribution in [0, 0.1) is 0 Å². The molecule has 4 heteroatoms. The first-order valence-corrected chi connectivity index (χ1v) is 8.11. The molecule has 1 aromatic rings. The summed E-state index contributed by atoms with van der Waals surface area (Å²) in [6.45, 7) is 8.13. The van der Waals surface area contributed by atoms with Crippen molar-refractivity contribution in [1.82, 2.24) is 4.90 Å². The number of amides is 1. The normalized spacial score (nSPS) is 19.4. The van der Waals surface area contributed by atoms with Crippen LogP contribution in [0.4, 0.5) is 0 Å². The van der Waals surface area contributed by atoms with Crippen LogP contribution in [0.25, 0.3) is 0 Å². The molecule has 1 aromatic carbocycles. The summed E-state index contributed by atoms with van der Waals surface area (Å²) in [7, 11) is 0. The lowest BCUT2D eigenvalue weighted by molar-refractivity contribution is -0.127. The lowest BCUT2D eigenvalue weighted by atomic mass is 9.87. The van der Waals surface area contributed by atoms with Gasteiger partial charge in [0.2, 0.25) is 5.91 Å². The van der Waals surface area contributed by atoms with Crippen molar-refractivity contribution >= 4 is 17.7 Å². The fourth-order valence-electron chi connectivity index (χ4n) is 2.30. The minimum absolute atomic E-state index is 0.162. The van der Waals surface area contributed by atoms with E-state index in [1.165, 1.54) is 5.56 Å². The van der Waals surface area contributed by atoms with Gasteiger partial charge in [-0.3, -0.25) is 4.79 Å². The number of rotatable bonds is 3. The maximum Gasteiger partial charge on any atom is 0.232 e. The Hall–Kier alpha value is -1.00. The SMILES string of the molecule is CC(C)(C)c1ccc(SCC(=O)N2CC[C@@H](N)C2)cc1. The molecule has 0 radical (unpaired) electrons. The zero-order chi connectivity index (χ0) is 14.8. The second-order valence-electron chi connectivity index (χ2n) is 6.45. The molecule has 2 N–H and O–H groups in total. The summed E-state index contributed by atoms with van der Waals surface area (Å²) < 4.78 is 0. The van der Waals surface area contributed by atoms with Crippen molar-refractivity contribution in [3.05, 3.63) is 29.8 Å². The molecular weight excluding hydrogens is 268 g/mol. The number of nitrogens with two attached hydrogens (primary N) is 1. The molecule has 1 atom stereocenters. The second kappa shape index (κ2) is 6.19. The molecule has 3 nitrogen and oxygen atoms in total. The molecule has 0 aromatic heterocycles. The first-order chi connectivity index (χ1) is 9.36. The standard InChI is InChI=1S/C16H24N2OS/c1-16(2,3)12-4-6-14(7-5-12)20-11-15(19)18-9-8-13(17)10-18/h4-7,13H,8-11,17H2,1-3H3/t13-/m1/s1. The van der Waals surface area contributed by atoms with E-state index in [0.717, 1.165) is 17.9 Å². The Labute approximate surface area is 125 Å². The van der Waals surface area contributed by atoms with Gasteiger partial charge in [-0.15, -0.1) is 11.8 Å². The fourth-order valence-corrected chi connectivity index (χ4v) is 3.10. The topological polar surface area (TPSA) is 46.3 Å². The Morgan fingerprint density at radius 2 is 2.00 bits per heavy atom. The van der Waals surface area contributed by atoms with Gasteiger partial charge in [0.05, 0.1) is 5.75 Å². The van der Waals surface area contributed by atoms with Gasteiger partial charge >= 0.3 is 0 Å². The van der Waals surface area contributed by atoms with E-state index < -0.39 is 0 Å². The number of carbonyl (C=O) groups is 1. The second-order valence-corrected chi connectivity index (χ2v) is 7.50. The molecule has 0 aliphatic carbocycles. The molecular formula is C16H24N2OS. The minimum Gasteiger partial charge on any atom is -0.340 e. The summed E-state index contributed by atoms with van der Waals surface area (Å²) in [6, 6.07) is 8.68. The van der Waals surface area contributed by atoms with Crippen LogP contribution in [0.1, 0.15) is 32.8 Å². The molecule has 20 heavy (non-hydrogen) atoms. The maximum absolute atomic E-state index is 12.0. The van der Waals surface area contributed by atoms with Crippen LogP contribution in [0.3, 0.4) is 0 Å². The number of carbonyl (C=O) groups excluding carboxylic acids is 1. The largest absolute Gasteiger partial charge is 0.340 e. The fraction of sp³-hybridized carbons (Fsp3) is 0.562. The van der Waals surface area contributed by atoms with Gasteiger partial charge in [-0.05, 0) is 29.5 Å². The minimum atomic E-state index is 0.162. The zero-order valence-corrected chi connectivity index (χ0v) is 13.4. The predicted octanol–water partition coefficient (Wildman–Crippen LogP) is 2.64. The van der Waals surface area contributed by atoms with Gasteiger partial charge < -0.3 is 10.6 Å². The molecule has 0 spiro atoms. The molecule has 2 rings (SSSR count). The van der Waals surface area contributed by atoms with Crippen molar-refractivity contribution in [3.63, 3.8) is 0 Å². The third-order valence-electron chi connectivity index (χ3n) is 3.66. The Balaban J connectivity index is 1.86. The third-order valence-corrected chi connectivity index (χ3v) is 4.66. The van der Waals surface area contributed by atoms with E-state index in [1.54, 1.807) is 11.8 Å². The number of thioether (sulfide) groups is 1. The van der Waals surface area contributed by atoms with Gasteiger partial charge in [-0.25, -0.2) is 0 Å². The van der Waals surface area contributed by atoms with E-state index >= 15 is 0 Å². The monoisotopic (exact) mass is 292 g/mol. The van der Waals surface area contributed by atoms with Crippen LogP contribution in [-0.2, 0) is 10.2 Å². The van der Waals surface area contributed by atoms with Gasteiger partial charge in [0.15, 0.2) is 0 Å². The predicted molar refractivity (Wildman–Crippen MR) is 85.0 cm³/mol. The molecule has 1 aliphatic heterocycles. The maximum atomic E-state index is 12.0. The van der Waals surface area contributed by atoms with Gasteiger partial charge in [0.25, 0.3) is 0 Å². The molecule has 0 bridgehead atoms. The highest BCUT2D eigenvalue weighted by Gasteiger charge is 2.23. The summed E-state index contributed by atoms with van der Waals surface area (Å²) in [5.74, 6) is 0.699. The van der Waals surface area contributed by atoms with E-state index in [9.17, 15) is 4.79 Å². The third kappa shape index (κ3) is 4.00. The lowest BCUT2D eigenvalue weighted by Gasteiger charge is -2.19. The number of nitrogens with zero attached hydrogens (tertiary/aromatic N) is 1. The summed E-state index contributed by atoms with van der Waals surface area (Å²) in [5.41, 5.74) is 7.32. The van der Waals surface area contributed by atoms with E-state index in [1.807, 2.05) is 4.90 Å². The van der Waals surface area contributed by atoms with Crippen LogP contribution in [0.15, 0.2) is 29.2 Å². The highest BCUT2D eigenvalue weighted by molar-refractivity contribution is 8.00. The van der Waals surface area contributed by atoms with E-state index in [-0.39, 0.29) is 17.4 Å². The Kier molecular flexibility index (Phi) is 4.76. The van der Waals surface area contributed by atoms with Crippen LogP contribution < -0.4 is 5.73 Å². The van der Waals surface area contributed by atoms with Crippen LogP contribution in [-0.4, -0.2) is 35.7 Å². The first-order valence-electron chi connectivity index (χ1n) is 7.13. The molecule has 1 aliphatic rings. The highest BCUT2D eigenvalue weighted by Crippen LogP contribution is 2.26. The first kappa shape index (κ1) is 15.4. The zero-order valence-electron chi connectivity index (χ0n) is 12.6. The van der Waals surface area contributed by atoms with Crippen molar-refractivity contribution in [3.8, 4) is 0 Å². The molecule has 1 amide bonds. The number of likely N-dealkylation sites (tertiary alicyclic amines) is 1. The van der Waals surface area contributed by atoms with Crippen molar-refractivity contribution in [1.29, 1.82) is 0 Å². The van der Waals surface area contributed by atoms with Crippen molar-refractivity contribution in [2.24, 2.45) is 5.73 Å². The van der Waals surface area contributed by atoms with Crippen LogP contribution in [0.5, 0.6) is 0 Å².